The highest BCUT2D eigenvalue weighted by Gasteiger charge is 2.21. The molecule has 0 aliphatic rings. The van der Waals surface area contributed by atoms with Crippen LogP contribution in [0.3, 0.4) is 0 Å². The summed E-state index contributed by atoms with van der Waals surface area (Å²) in [6.07, 6.45) is 2.55. The number of hydrogen-bond donors (Lipinski definition) is 3. The minimum Gasteiger partial charge on any atom is -0.455 e. The Morgan fingerprint density at radius 3 is 2.59 bits per heavy atom. The van der Waals surface area contributed by atoms with Crippen LogP contribution in [0.1, 0.15) is 32.0 Å². The zero-order valence-electron chi connectivity index (χ0n) is 21.5. The Labute approximate surface area is 222 Å². The van der Waals surface area contributed by atoms with Crippen molar-refractivity contribution in [3.63, 3.8) is 0 Å². The lowest BCUT2D eigenvalue weighted by Gasteiger charge is -2.14. The normalized spacial score (nSPS) is 11.4. The van der Waals surface area contributed by atoms with Crippen LogP contribution >= 0.6 is 0 Å². The van der Waals surface area contributed by atoms with Crippen molar-refractivity contribution in [1.29, 1.82) is 0 Å². The van der Waals surface area contributed by atoms with Gasteiger partial charge >= 0.3 is 6.03 Å². The van der Waals surface area contributed by atoms with Crippen LogP contribution in [0, 0.1) is 5.82 Å². The summed E-state index contributed by atoms with van der Waals surface area (Å²) in [5.74, 6) is 0.248. The molecule has 0 bridgehead atoms. The summed E-state index contributed by atoms with van der Waals surface area (Å²) in [5.41, 5.74) is 1.73. The molecule has 2 amide bonds. The number of hydrogen-bond acceptors (Lipinski definition) is 6. The molecule has 3 heterocycles. The van der Waals surface area contributed by atoms with Gasteiger partial charge in [0.05, 0.1) is 24.1 Å². The topological polar surface area (TPSA) is 127 Å². The molecule has 3 N–H and O–H groups in total. The number of carbonyl (C=O) groups excluding carboxylic acids is 1. The van der Waals surface area contributed by atoms with Gasteiger partial charge in [-0.3, -0.25) is 10.1 Å². The Kier molecular flexibility index (Phi) is 6.80. The van der Waals surface area contributed by atoms with E-state index in [0.717, 1.165) is 23.5 Å². The van der Waals surface area contributed by atoms with E-state index in [1.807, 2.05) is 57.2 Å². The number of halogens is 1. The molecule has 39 heavy (non-hydrogen) atoms. The molecule has 10 nitrogen and oxygen atoms in total. The lowest BCUT2D eigenvalue weighted by Crippen LogP contribution is -2.22. The average Bonchev–Trinajstić information content (AvgIpc) is 3.29. The highest BCUT2D eigenvalue weighted by molar-refractivity contribution is 5.99. The number of rotatable bonds is 6. The molecule has 198 valence electrons. The van der Waals surface area contributed by atoms with E-state index in [9.17, 15) is 14.0 Å². The molecular formula is C28H26FN7O3. The molecule has 0 radical (unpaired) electrons. The zero-order chi connectivity index (χ0) is 27.6. The van der Waals surface area contributed by atoms with E-state index in [2.05, 4.69) is 30.7 Å². The number of fused-ring (bicyclic) bond motifs is 1. The van der Waals surface area contributed by atoms with E-state index in [4.69, 9.17) is 4.74 Å². The van der Waals surface area contributed by atoms with E-state index in [1.54, 1.807) is 10.7 Å². The van der Waals surface area contributed by atoms with Crippen molar-refractivity contribution >= 4 is 28.7 Å². The predicted molar refractivity (Wildman–Crippen MR) is 146 cm³/mol. The van der Waals surface area contributed by atoms with Gasteiger partial charge in [-0.05, 0) is 17.7 Å². The molecular weight excluding hydrogens is 501 g/mol. The minimum absolute atomic E-state index is 0.0351. The third kappa shape index (κ3) is 5.93. The first kappa shape index (κ1) is 25.6. The SMILES string of the molecule is CC(C)(C)c1cc(NC(=O)Nc2ccc(Oc3ccnc4[nH]c(=O)cnc34)cc2F)n(Cc2ccccc2)n1. The smallest absolute Gasteiger partial charge is 0.324 e. The fourth-order valence-corrected chi connectivity index (χ4v) is 3.83. The first-order chi connectivity index (χ1) is 18.7. The van der Waals surface area contributed by atoms with Gasteiger partial charge in [0.25, 0.3) is 5.56 Å². The third-order valence-corrected chi connectivity index (χ3v) is 5.82. The van der Waals surface area contributed by atoms with E-state index in [1.165, 1.54) is 18.3 Å². The summed E-state index contributed by atoms with van der Waals surface area (Å²) in [6, 6.07) is 16.6. The van der Waals surface area contributed by atoms with Crippen molar-refractivity contribution in [2.75, 3.05) is 10.6 Å². The Balaban J connectivity index is 1.32. The van der Waals surface area contributed by atoms with Gasteiger partial charge in [0.2, 0.25) is 0 Å². The number of anilines is 2. The van der Waals surface area contributed by atoms with E-state index in [0.29, 0.717) is 17.9 Å². The number of nitrogens with one attached hydrogen (secondary N) is 3. The molecule has 2 aromatic carbocycles. The van der Waals surface area contributed by atoms with Crippen molar-refractivity contribution in [1.82, 2.24) is 24.7 Å². The second kappa shape index (κ2) is 10.4. The molecule has 0 spiro atoms. The maximum Gasteiger partial charge on any atom is 0.324 e. The van der Waals surface area contributed by atoms with Gasteiger partial charge in [0.1, 0.15) is 22.9 Å². The zero-order valence-corrected chi connectivity index (χ0v) is 21.5. The second-order valence-electron chi connectivity index (χ2n) is 9.88. The Morgan fingerprint density at radius 1 is 1.05 bits per heavy atom. The van der Waals surface area contributed by atoms with Gasteiger partial charge < -0.3 is 15.0 Å². The average molecular weight is 528 g/mol. The molecule has 11 heteroatoms. The lowest BCUT2D eigenvalue weighted by atomic mass is 9.92. The Bertz CT molecular complexity index is 1710. The third-order valence-electron chi connectivity index (χ3n) is 5.82. The highest BCUT2D eigenvalue weighted by Crippen LogP contribution is 2.29. The first-order valence-electron chi connectivity index (χ1n) is 12.2. The van der Waals surface area contributed by atoms with Crippen LogP contribution in [-0.2, 0) is 12.0 Å². The van der Waals surface area contributed by atoms with Gasteiger partial charge in [-0.15, -0.1) is 0 Å². The summed E-state index contributed by atoms with van der Waals surface area (Å²) >= 11 is 0. The van der Waals surface area contributed by atoms with Crippen LogP contribution in [0.2, 0.25) is 0 Å². The summed E-state index contributed by atoms with van der Waals surface area (Å²) in [7, 11) is 0. The van der Waals surface area contributed by atoms with E-state index < -0.39 is 17.4 Å². The number of aromatic amines is 1. The number of benzene rings is 2. The molecule has 5 rings (SSSR count). The highest BCUT2D eigenvalue weighted by atomic mass is 19.1. The van der Waals surface area contributed by atoms with Crippen LogP contribution in [0.5, 0.6) is 11.5 Å². The number of urea groups is 1. The number of pyridine rings is 1. The van der Waals surface area contributed by atoms with Crippen molar-refractivity contribution in [3.05, 3.63) is 100 Å². The maximum atomic E-state index is 14.9. The van der Waals surface area contributed by atoms with Gasteiger partial charge in [-0.2, -0.15) is 5.10 Å². The van der Waals surface area contributed by atoms with Crippen LogP contribution in [0.4, 0.5) is 20.7 Å². The summed E-state index contributed by atoms with van der Waals surface area (Å²) in [6.45, 7) is 6.57. The molecule has 0 unspecified atom stereocenters. The predicted octanol–water partition coefficient (Wildman–Crippen LogP) is 5.44. The van der Waals surface area contributed by atoms with E-state index >= 15 is 0 Å². The van der Waals surface area contributed by atoms with Gasteiger partial charge in [0.15, 0.2) is 11.4 Å². The van der Waals surface area contributed by atoms with Crippen LogP contribution in [-0.4, -0.2) is 30.8 Å². The van der Waals surface area contributed by atoms with Crippen molar-refractivity contribution in [2.24, 2.45) is 0 Å². The molecule has 0 aliphatic heterocycles. The van der Waals surface area contributed by atoms with Gasteiger partial charge in [0, 0.05) is 29.8 Å². The van der Waals surface area contributed by atoms with Crippen LogP contribution < -0.4 is 20.9 Å². The van der Waals surface area contributed by atoms with Crippen molar-refractivity contribution in [2.45, 2.75) is 32.7 Å². The molecule has 0 fully saturated rings. The molecule has 5 aromatic rings. The summed E-state index contributed by atoms with van der Waals surface area (Å²) < 4.78 is 22.4. The molecule has 0 saturated heterocycles. The number of amides is 2. The second-order valence-corrected chi connectivity index (χ2v) is 9.88. The number of carbonyl (C=O) groups is 1. The number of ether oxygens (including phenoxy) is 1. The minimum atomic E-state index is -0.699. The molecule has 3 aromatic heterocycles. The number of nitrogens with zero attached hydrogens (tertiary/aromatic N) is 4. The van der Waals surface area contributed by atoms with Gasteiger partial charge in [-0.1, -0.05) is 51.1 Å². The van der Waals surface area contributed by atoms with Crippen LogP contribution in [0.15, 0.2) is 77.9 Å². The van der Waals surface area contributed by atoms with Crippen molar-refractivity contribution < 1.29 is 13.9 Å². The van der Waals surface area contributed by atoms with E-state index in [-0.39, 0.29) is 28.2 Å². The monoisotopic (exact) mass is 527 g/mol. The molecule has 0 saturated carbocycles. The lowest BCUT2D eigenvalue weighted by molar-refractivity contribution is 0.262. The van der Waals surface area contributed by atoms with Crippen LogP contribution in [0.25, 0.3) is 11.2 Å². The standard InChI is InChI=1S/C28H26FN7O3/c1-28(2,3)22-14-23(36(35-22)16-17-7-5-4-6-8-17)33-27(38)32-20-10-9-18(13-19(20)29)39-21-11-12-30-26-25(21)31-15-24(37)34-26/h4-15H,16H2,1-3H3,(H,30,34,37)(H2,32,33,38). The summed E-state index contributed by atoms with van der Waals surface area (Å²) in [4.78, 5) is 35.0. The molecule has 0 atom stereocenters. The Morgan fingerprint density at radius 2 is 1.85 bits per heavy atom. The maximum absolute atomic E-state index is 14.9. The Hall–Kier alpha value is -5.06. The fourth-order valence-electron chi connectivity index (χ4n) is 3.83. The van der Waals surface area contributed by atoms with Crippen molar-refractivity contribution in [3.8, 4) is 11.5 Å². The number of H-pyrrole nitrogens is 1. The fraction of sp³-hybridized carbons (Fsp3) is 0.179. The largest absolute Gasteiger partial charge is 0.455 e. The quantitative estimate of drug-likeness (QED) is 0.270. The molecule has 0 aliphatic carbocycles. The summed E-state index contributed by atoms with van der Waals surface area (Å²) in [5, 5.41) is 10.0. The first-order valence-corrected chi connectivity index (χ1v) is 12.2. The number of aromatic nitrogens is 5. The van der Waals surface area contributed by atoms with Gasteiger partial charge in [-0.25, -0.2) is 23.8 Å².